The van der Waals surface area contributed by atoms with E-state index in [1.807, 2.05) is 38.1 Å². The van der Waals surface area contributed by atoms with Crippen LogP contribution in [-0.4, -0.2) is 12.5 Å². The van der Waals surface area contributed by atoms with Crippen LogP contribution in [0.2, 0.25) is 0 Å². The van der Waals surface area contributed by atoms with Gasteiger partial charge in [-0.15, -0.1) is 0 Å². The van der Waals surface area contributed by atoms with E-state index in [1.54, 1.807) is 0 Å². The van der Waals surface area contributed by atoms with Gasteiger partial charge < -0.3 is 10.1 Å². The molecule has 1 amide bonds. The summed E-state index contributed by atoms with van der Waals surface area (Å²) in [6.45, 7) is 8.11. The molecular formula is C19H23NO2. The lowest BCUT2D eigenvalue weighted by Gasteiger charge is -2.17. The van der Waals surface area contributed by atoms with Crippen LogP contribution in [-0.2, 0) is 4.79 Å². The highest BCUT2D eigenvalue weighted by molar-refractivity contribution is 5.78. The van der Waals surface area contributed by atoms with Gasteiger partial charge in [-0.3, -0.25) is 4.79 Å². The van der Waals surface area contributed by atoms with E-state index >= 15 is 0 Å². The fourth-order valence-electron chi connectivity index (χ4n) is 2.53. The van der Waals surface area contributed by atoms with Crippen molar-refractivity contribution in [3.8, 4) is 5.75 Å². The maximum absolute atomic E-state index is 12.1. The number of aryl methyl sites for hydroxylation is 3. The SMILES string of the molecule is Cc1ccc([C@@H](C)NC(=O)COc2ccccc2C)c(C)c1. The minimum absolute atomic E-state index is 0.0279. The van der Waals surface area contributed by atoms with E-state index in [2.05, 4.69) is 37.4 Å². The lowest BCUT2D eigenvalue weighted by molar-refractivity contribution is -0.123. The van der Waals surface area contributed by atoms with Gasteiger partial charge in [-0.1, -0.05) is 42.0 Å². The number of hydrogen-bond acceptors (Lipinski definition) is 2. The maximum atomic E-state index is 12.1. The molecular weight excluding hydrogens is 274 g/mol. The number of benzene rings is 2. The van der Waals surface area contributed by atoms with Crippen molar-refractivity contribution < 1.29 is 9.53 Å². The Bertz CT molecular complexity index is 664. The van der Waals surface area contributed by atoms with Gasteiger partial charge in [0.2, 0.25) is 0 Å². The lowest BCUT2D eigenvalue weighted by atomic mass is 10.0. The Labute approximate surface area is 132 Å². The first-order chi connectivity index (χ1) is 10.5. The average Bonchev–Trinajstić information content (AvgIpc) is 2.46. The molecule has 0 radical (unpaired) electrons. The third kappa shape index (κ3) is 4.10. The van der Waals surface area contributed by atoms with Crippen LogP contribution < -0.4 is 10.1 Å². The highest BCUT2D eigenvalue weighted by atomic mass is 16.5. The highest BCUT2D eigenvalue weighted by Gasteiger charge is 2.12. The monoisotopic (exact) mass is 297 g/mol. The van der Waals surface area contributed by atoms with Crippen LogP contribution >= 0.6 is 0 Å². The molecule has 116 valence electrons. The summed E-state index contributed by atoms with van der Waals surface area (Å²) in [5, 5.41) is 2.98. The maximum Gasteiger partial charge on any atom is 0.258 e. The molecule has 0 spiro atoms. The molecule has 0 saturated heterocycles. The van der Waals surface area contributed by atoms with Gasteiger partial charge >= 0.3 is 0 Å². The molecule has 3 heteroatoms. The molecule has 3 nitrogen and oxygen atoms in total. The Balaban J connectivity index is 1.93. The standard InChI is InChI=1S/C19H23NO2/c1-13-9-10-17(15(3)11-13)16(4)20-19(21)12-22-18-8-6-5-7-14(18)2/h5-11,16H,12H2,1-4H3,(H,20,21)/t16-/m1/s1. The molecule has 22 heavy (non-hydrogen) atoms. The molecule has 1 N–H and O–H groups in total. The van der Waals surface area contributed by atoms with Crippen molar-refractivity contribution in [1.82, 2.24) is 5.32 Å². The van der Waals surface area contributed by atoms with Crippen LogP contribution in [0.3, 0.4) is 0 Å². The molecule has 1 atom stereocenters. The third-order valence-corrected chi connectivity index (χ3v) is 3.72. The smallest absolute Gasteiger partial charge is 0.258 e. The summed E-state index contributed by atoms with van der Waals surface area (Å²) in [7, 11) is 0. The fraction of sp³-hybridized carbons (Fsp3) is 0.316. The fourth-order valence-corrected chi connectivity index (χ4v) is 2.53. The number of hydrogen-bond donors (Lipinski definition) is 1. The van der Waals surface area contributed by atoms with E-state index in [1.165, 1.54) is 11.1 Å². The topological polar surface area (TPSA) is 38.3 Å². The third-order valence-electron chi connectivity index (χ3n) is 3.72. The molecule has 2 aromatic carbocycles. The number of nitrogens with one attached hydrogen (secondary N) is 1. The molecule has 0 bridgehead atoms. The van der Waals surface area contributed by atoms with Crippen molar-refractivity contribution in [2.24, 2.45) is 0 Å². The van der Waals surface area contributed by atoms with Gasteiger partial charge in [0.05, 0.1) is 6.04 Å². The van der Waals surface area contributed by atoms with E-state index in [0.29, 0.717) is 0 Å². The normalized spacial score (nSPS) is 11.8. The summed E-state index contributed by atoms with van der Waals surface area (Å²) in [4.78, 5) is 12.1. The molecule has 0 aliphatic rings. The van der Waals surface area contributed by atoms with E-state index in [-0.39, 0.29) is 18.6 Å². The van der Waals surface area contributed by atoms with Gasteiger partial charge in [-0.2, -0.15) is 0 Å². The van der Waals surface area contributed by atoms with Crippen molar-refractivity contribution in [2.75, 3.05) is 6.61 Å². The Kier molecular flexibility index (Phi) is 5.21. The minimum Gasteiger partial charge on any atom is -0.484 e. The zero-order valence-electron chi connectivity index (χ0n) is 13.6. The summed E-state index contributed by atoms with van der Waals surface area (Å²) in [5.41, 5.74) is 4.57. The van der Waals surface area contributed by atoms with Crippen molar-refractivity contribution in [3.05, 3.63) is 64.7 Å². The van der Waals surface area contributed by atoms with Crippen molar-refractivity contribution >= 4 is 5.91 Å². The molecule has 0 aromatic heterocycles. The Hall–Kier alpha value is -2.29. The predicted octanol–water partition coefficient (Wildman–Crippen LogP) is 3.87. The van der Waals surface area contributed by atoms with Gasteiger partial charge in [0.15, 0.2) is 6.61 Å². The molecule has 0 aliphatic heterocycles. The largest absolute Gasteiger partial charge is 0.484 e. The van der Waals surface area contributed by atoms with Gasteiger partial charge in [0.1, 0.15) is 5.75 Å². The second-order valence-electron chi connectivity index (χ2n) is 5.70. The summed E-state index contributed by atoms with van der Waals surface area (Å²) >= 11 is 0. The van der Waals surface area contributed by atoms with E-state index in [0.717, 1.165) is 16.9 Å². The zero-order valence-corrected chi connectivity index (χ0v) is 13.6. The number of carbonyl (C=O) groups is 1. The van der Waals surface area contributed by atoms with Crippen LogP contribution in [0.25, 0.3) is 0 Å². The average molecular weight is 297 g/mol. The van der Waals surface area contributed by atoms with E-state index in [9.17, 15) is 4.79 Å². The van der Waals surface area contributed by atoms with Gasteiger partial charge in [0, 0.05) is 0 Å². The van der Waals surface area contributed by atoms with Crippen molar-refractivity contribution in [1.29, 1.82) is 0 Å². The molecule has 0 unspecified atom stereocenters. The van der Waals surface area contributed by atoms with Crippen LogP contribution in [0.15, 0.2) is 42.5 Å². The summed E-state index contributed by atoms with van der Waals surface area (Å²) in [5.74, 6) is 0.632. The van der Waals surface area contributed by atoms with Gasteiger partial charge in [-0.05, 0) is 50.5 Å². The Morgan fingerprint density at radius 2 is 1.82 bits per heavy atom. The molecule has 0 fully saturated rings. The van der Waals surface area contributed by atoms with Crippen LogP contribution in [0.5, 0.6) is 5.75 Å². The summed E-state index contributed by atoms with van der Waals surface area (Å²) in [6.07, 6.45) is 0. The summed E-state index contributed by atoms with van der Waals surface area (Å²) < 4.78 is 5.57. The second kappa shape index (κ2) is 7.12. The van der Waals surface area contributed by atoms with Crippen LogP contribution in [0, 0.1) is 20.8 Å². The minimum atomic E-state index is -0.115. The zero-order chi connectivity index (χ0) is 16.1. The van der Waals surface area contributed by atoms with Crippen LogP contribution in [0.4, 0.5) is 0 Å². The molecule has 2 rings (SSSR count). The van der Waals surface area contributed by atoms with Crippen LogP contribution in [0.1, 0.15) is 35.2 Å². The summed E-state index contributed by atoms with van der Waals surface area (Å²) in [6, 6.07) is 13.9. The lowest BCUT2D eigenvalue weighted by Crippen LogP contribution is -2.31. The second-order valence-corrected chi connectivity index (χ2v) is 5.70. The van der Waals surface area contributed by atoms with E-state index in [4.69, 9.17) is 4.74 Å². The number of rotatable bonds is 5. The first-order valence-corrected chi connectivity index (χ1v) is 7.52. The molecule has 0 saturated carbocycles. The first kappa shape index (κ1) is 16.1. The number of carbonyl (C=O) groups excluding carboxylic acids is 1. The number of amides is 1. The number of ether oxygens (including phenoxy) is 1. The Morgan fingerprint density at radius 3 is 2.50 bits per heavy atom. The Morgan fingerprint density at radius 1 is 1.09 bits per heavy atom. The highest BCUT2D eigenvalue weighted by Crippen LogP contribution is 2.19. The first-order valence-electron chi connectivity index (χ1n) is 7.52. The van der Waals surface area contributed by atoms with Crippen molar-refractivity contribution in [3.63, 3.8) is 0 Å². The van der Waals surface area contributed by atoms with Gasteiger partial charge in [0.25, 0.3) is 5.91 Å². The van der Waals surface area contributed by atoms with E-state index < -0.39 is 0 Å². The molecule has 0 aliphatic carbocycles. The number of para-hydroxylation sites is 1. The predicted molar refractivity (Wildman–Crippen MR) is 89.1 cm³/mol. The quantitative estimate of drug-likeness (QED) is 0.910. The molecule has 2 aromatic rings. The molecule has 0 heterocycles. The van der Waals surface area contributed by atoms with Gasteiger partial charge in [-0.25, -0.2) is 0 Å². The van der Waals surface area contributed by atoms with Crippen molar-refractivity contribution in [2.45, 2.75) is 33.7 Å².